The van der Waals surface area contributed by atoms with Crippen LogP contribution in [0, 0.1) is 0 Å². The Labute approximate surface area is 97.2 Å². The van der Waals surface area contributed by atoms with Gasteiger partial charge in [-0.25, -0.2) is 4.79 Å². The van der Waals surface area contributed by atoms with Crippen molar-refractivity contribution in [2.24, 2.45) is 0 Å². The maximum Gasteiger partial charge on any atom is 0.410 e. The van der Waals surface area contributed by atoms with E-state index in [0.29, 0.717) is 11.4 Å². The van der Waals surface area contributed by atoms with Crippen LogP contribution in [0.4, 0.5) is 4.79 Å². The Hall–Kier alpha value is -1.03. The predicted octanol–water partition coefficient (Wildman–Crippen LogP) is 2.40. The summed E-state index contributed by atoms with van der Waals surface area (Å²) in [6, 6.07) is 9.69. The minimum atomic E-state index is -0.227. The summed E-state index contributed by atoms with van der Waals surface area (Å²) < 4.78 is 5.15. The molecule has 1 heterocycles. The summed E-state index contributed by atoms with van der Waals surface area (Å²) in [5.74, 6) is 0. The van der Waals surface area contributed by atoms with Crippen molar-refractivity contribution in [3.05, 3.63) is 35.9 Å². The highest BCUT2D eigenvalue weighted by molar-refractivity contribution is 9.09. The second-order valence-corrected chi connectivity index (χ2v) is 4.84. The van der Waals surface area contributed by atoms with Crippen LogP contribution in [0.2, 0.25) is 0 Å². The smallest absolute Gasteiger partial charge is 0.410 e. The van der Waals surface area contributed by atoms with Crippen LogP contribution in [0.1, 0.15) is 5.56 Å². The zero-order chi connectivity index (χ0) is 10.7. The minimum absolute atomic E-state index is 0.227. The van der Waals surface area contributed by atoms with Crippen molar-refractivity contribution in [3.8, 4) is 0 Å². The zero-order valence-corrected chi connectivity index (χ0v) is 9.81. The molecule has 1 aliphatic heterocycles. The SMILES string of the molecule is O=C(OCc1ccccc1)N1CC(Br)C1. The fraction of sp³-hybridized carbons (Fsp3) is 0.364. The van der Waals surface area contributed by atoms with Crippen LogP contribution >= 0.6 is 15.9 Å². The number of alkyl halides is 1. The van der Waals surface area contributed by atoms with E-state index in [1.54, 1.807) is 4.90 Å². The number of halogens is 1. The van der Waals surface area contributed by atoms with E-state index in [1.165, 1.54) is 0 Å². The van der Waals surface area contributed by atoms with E-state index in [0.717, 1.165) is 18.7 Å². The lowest BCUT2D eigenvalue weighted by atomic mass is 10.2. The molecule has 0 unspecified atom stereocenters. The molecule has 1 amide bonds. The van der Waals surface area contributed by atoms with Gasteiger partial charge in [0.15, 0.2) is 0 Å². The summed E-state index contributed by atoms with van der Waals surface area (Å²) in [5, 5.41) is 0. The Morgan fingerprint density at radius 1 is 1.40 bits per heavy atom. The summed E-state index contributed by atoms with van der Waals surface area (Å²) in [6.45, 7) is 1.84. The predicted molar refractivity (Wildman–Crippen MR) is 60.9 cm³/mol. The monoisotopic (exact) mass is 269 g/mol. The molecule has 0 bridgehead atoms. The van der Waals surface area contributed by atoms with Crippen LogP contribution < -0.4 is 0 Å². The third-order valence-electron chi connectivity index (χ3n) is 2.30. The van der Waals surface area contributed by atoms with E-state index in [2.05, 4.69) is 15.9 Å². The van der Waals surface area contributed by atoms with Gasteiger partial charge in [-0.15, -0.1) is 0 Å². The number of rotatable bonds is 2. The standard InChI is InChI=1S/C11H12BrNO2/c12-10-6-13(7-10)11(14)15-8-9-4-2-1-3-5-9/h1-5,10H,6-8H2. The largest absolute Gasteiger partial charge is 0.445 e. The fourth-order valence-corrected chi connectivity index (χ4v) is 2.08. The minimum Gasteiger partial charge on any atom is -0.445 e. The molecule has 1 fully saturated rings. The van der Waals surface area contributed by atoms with Crippen molar-refractivity contribution < 1.29 is 9.53 Å². The second-order valence-electron chi connectivity index (χ2n) is 3.54. The van der Waals surface area contributed by atoms with Crippen LogP contribution in [0.25, 0.3) is 0 Å². The lowest BCUT2D eigenvalue weighted by molar-refractivity contribution is 0.0785. The molecule has 0 N–H and O–H groups in total. The summed E-state index contributed by atoms with van der Waals surface area (Å²) >= 11 is 3.42. The Morgan fingerprint density at radius 2 is 2.07 bits per heavy atom. The van der Waals surface area contributed by atoms with Gasteiger partial charge < -0.3 is 9.64 Å². The number of nitrogens with zero attached hydrogens (tertiary/aromatic N) is 1. The molecule has 4 heteroatoms. The van der Waals surface area contributed by atoms with Gasteiger partial charge in [0.2, 0.25) is 0 Å². The van der Waals surface area contributed by atoms with Crippen molar-refractivity contribution >= 4 is 22.0 Å². The van der Waals surface area contributed by atoms with Gasteiger partial charge in [0, 0.05) is 13.1 Å². The summed E-state index contributed by atoms with van der Waals surface area (Å²) in [4.78, 5) is 13.5. The van der Waals surface area contributed by atoms with Crippen molar-refractivity contribution in [1.82, 2.24) is 4.90 Å². The van der Waals surface area contributed by atoms with Crippen LogP contribution in [0.5, 0.6) is 0 Å². The topological polar surface area (TPSA) is 29.5 Å². The highest BCUT2D eigenvalue weighted by atomic mass is 79.9. The Kier molecular flexibility index (Phi) is 3.26. The number of hydrogen-bond acceptors (Lipinski definition) is 2. The molecular weight excluding hydrogens is 258 g/mol. The Morgan fingerprint density at radius 3 is 2.67 bits per heavy atom. The number of benzene rings is 1. The first-order valence-electron chi connectivity index (χ1n) is 4.85. The average molecular weight is 270 g/mol. The number of hydrogen-bond donors (Lipinski definition) is 0. The first kappa shape index (κ1) is 10.5. The molecule has 0 aromatic heterocycles. The van der Waals surface area contributed by atoms with Crippen molar-refractivity contribution in [2.75, 3.05) is 13.1 Å². The number of ether oxygens (including phenoxy) is 1. The van der Waals surface area contributed by atoms with Gasteiger partial charge in [0.25, 0.3) is 0 Å². The van der Waals surface area contributed by atoms with E-state index in [9.17, 15) is 4.79 Å². The van der Waals surface area contributed by atoms with Crippen LogP contribution in [0.3, 0.4) is 0 Å². The zero-order valence-electron chi connectivity index (χ0n) is 8.23. The number of amides is 1. The lowest BCUT2D eigenvalue weighted by Crippen LogP contribution is -2.50. The first-order chi connectivity index (χ1) is 7.25. The van der Waals surface area contributed by atoms with E-state index >= 15 is 0 Å². The highest BCUT2D eigenvalue weighted by Gasteiger charge is 2.29. The third kappa shape index (κ3) is 2.72. The van der Waals surface area contributed by atoms with Gasteiger partial charge in [0.1, 0.15) is 6.61 Å². The van der Waals surface area contributed by atoms with Crippen molar-refractivity contribution in [1.29, 1.82) is 0 Å². The maximum atomic E-state index is 11.4. The Bertz CT molecular complexity index is 336. The van der Waals surface area contributed by atoms with Gasteiger partial charge in [-0.2, -0.15) is 0 Å². The molecule has 80 valence electrons. The van der Waals surface area contributed by atoms with E-state index in [1.807, 2.05) is 30.3 Å². The third-order valence-corrected chi connectivity index (χ3v) is 2.88. The van der Waals surface area contributed by atoms with Crippen LogP contribution in [-0.2, 0) is 11.3 Å². The van der Waals surface area contributed by atoms with Crippen LogP contribution in [0.15, 0.2) is 30.3 Å². The summed E-state index contributed by atoms with van der Waals surface area (Å²) in [5.41, 5.74) is 1.02. The molecule has 1 aromatic carbocycles. The normalized spacial score (nSPS) is 15.9. The van der Waals surface area contributed by atoms with E-state index in [4.69, 9.17) is 4.74 Å². The molecule has 0 radical (unpaired) electrons. The summed E-state index contributed by atoms with van der Waals surface area (Å²) in [7, 11) is 0. The molecule has 15 heavy (non-hydrogen) atoms. The quantitative estimate of drug-likeness (QED) is 0.772. The fourth-order valence-electron chi connectivity index (χ4n) is 1.38. The molecule has 1 aliphatic rings. The number of likely N-dealkylation sites (tertiary alicyclic amines) is 1. The number of carbonyl (C=O) groups excluding carboxylic acids is 1. The van der Waals surface area contributed by atoms with Crippen molar-refractivity contribution in [3.63, 3.8) is 0 Å². The average Bonchev–Trinajstić information content (AvgIpc) is 2.23. The first-order valence-corrected chi connectivity index (χ1v) is 5.77. The van der Waals surface area contributed by atoms with Crippen molar-refractivity contribution in [2.45, 2.75) is 11.4 Å². The molecular formula is C11H12BrNO2. The molecule has 1 aromatic rings. The van der Waals surface area contributed by atoms with Crippen LogP contribution in [-0.4, -0.2) is 28.9 Å². The molecule has 0 atom stereocenters. The molecule has 0 spiro atoms. The maximum absolute atomic E-state index is 11.4. The van der Waals surface area contributed by atoms with E-state index in [-0.39, 0.29) is 6.09 Å². The summed E-state index contributed by atoms with van der Waals surface area (Å²) in [6.07, 6.45) is -0.227. The van der Waals surface area contributed by atoms with Gasteiger partial charge in [-0.3, -0.25) is 0 Å². The molecule has 0 aliphatic carbocycles. The van der Waals surface area contributed by atoms with Gasteiger partial charge in [-0.1, -0.05) is 46.3 Å². The molecule has 0 saturated carbocycles. The highest BCUT2D eigenvalue weighted by Crippen LogP contribution is 2.17. The Balaban J connectivity index is 1.76. The molecule has 3 nitrogen and oxygen atoms in total. The van der Waals surface area contributed by atoms with Gasteiger partial charge in [0.05, 0.1) is 4.83 Å². The van der Waals surface area contributed by atoms with Gasteiger partial charge in [-0.05, 0) is 5.56 Å². The second kappa shape index (κ2) is 4.66. The molecule has 2 rings (SSSR count). The van der Waals surface area contributed by atoms with Gasteiger partial charge >= 0.3 is 6.09 Å². The van der Waals surface area contributed by atoms with E-state index < -0.39 is 0 Å². The lowest BCUT2D eigenvalue weighted by Gasteiger charge is -2.34. The number of carbonyl (C=O) groups is 1. The molecule has 1 saturated heterocycles.